The third-order valence-corrected chi connectivity index (χ3v) is 3.33. The molecule has 0 fully saturated rings. The van der Waals surface area contributed by atoms with Crippen molar-refractivity contribution in [2.45, 2.75) is 0 Å². The summed E-state index contributed by atoms with van der Waals surface area (Å²) in [6, 6.07) is 9.21. The lowest BCUT2D eigenvalue weighted by Crippen LogP contribution is -2.27. The van der Waals surface area contributed by atoms with E-state index in [4.69, 9.17) is 4.52 Å². The normalized spacial score (nSPS) is 13.2. The highest BCUT2D eigenvalue weighted by atomic mass is 16.5. The van der Waals surface area contributed by atoms with E-state index < -0.39 is 0 Å². The van der Waals surface area contributed by atoms with Crippen molar-refractivity contribution in [1.29, 1.82) is 0 Å². The monoisotopic (exact) mass is 293 g/mol. The van der Waals surface area contributed by atoms with Crippen LogP contribution in [0.4, 0.5) is 11.4 Å². The number of aromatic nitrogens is 3. The van der Waals surface area contributed by atoms with Crippen LogP contribution >= 0.6 is 0 Å². The van der Waals surface area contributed by atoms with E-state index >= 15 is 0 Å². The van der Waals surface area contributed by atoms with E-state index in [1.54, 1.807) is 18.5 Å². The van der Waals surface area contributed by atoms with Crippen molar-refractivity contribution in [3.8, 4) is 22.8 Å². The maximum Gasteiger partial charge on any atom is 0.258 e. The average Bonchev–Trinajstić information content (AvgIpc) is 3.05. The van der Waals surface area contributed by atoms with Gasteiger partial charge in [-0.05, 0) is 30.3 Å². The fourth-order valence-electron chi connectivity index (χ4n) is 2.26. The number of nitrogens with one attached hydrogen (secondary N) is 2. The maximum absolute atomic E-state index is 11.4. The first-order chi connectivity index (χ1) is 10.8. The van der Waals surface area contributed by atoms with Gasteiger partial charge in [-0.25, -0.2) is 0 Å². The smallest absolute Gasteiger partial charge is 0.258 e. The lowest BCUT2D eigenvalue weighted by Gasteiger charge is -2.18. The van der Waals surface area contributed by atoms with Crippen molar-refractivity contribution in [3.63, 3.8) is 0 Å². The fourth-order valence-corrected chi connectivity index (χ4v) is 2.26. The number of fused-ring (bicyclic) bond motifs is 1. The zero-order valence-electron chi connectivity index (χ0n) is 11.4. The molecule has 2 aromatic heterocycles. The minimum absolute atomic E-state index is 0.0776. The molecular formula is C15H11N5O2. The molecule has 0 aliphatic carbocycles. The molecule has 0 bridgehead atoms. The number of carbonyl (C=O) groups is 1. The van der Waals surface area contributed by atoms with Gasteiger partial charge in [0.05, 0.1) is 17.9 Å². The van der Waals surface area contributed by atoms with E-state index in [2.05, 4.69) is 25.8 Å². The summed E-state index contributed by atoms with van der Waals surface area (Å²) in [6.07, 6.45) is 3.36. The molecule has 22 heavy (non-hydrogen) atoms. The molecule has 0 saturated heterocycles. The Hall–Kier alpha value is -3.22. The van der Waals surface area contributed by atoms with Crippen molar-refractivity contribution < 1.29 is 9.32 Å². The number of benzene rings is 1. The summed E-state index contributed by atoms with van der Waals surface area (Å²) in [5.74, 6) is 0.788. The summed E-state index contributed by atoms with van der Waals surface area (Å²) in [5, 5.41) is 9.80. The summed E-state index contributed by atoms with van der Waals surface area (Å²) < 4.78 is 5.30. The first kappa shape index (κ1) is 12.5. The molecule has 4 rings (SSSR count). The zero-order chi connectivity index (χ0) is 14.9. The number of amides is 1. The second-order valence-electron chi connectivity index (χ2n) is 4.83. The van der Waals surface area contributed by atoms with Crippen molar-refractivity contribution >= 4 is 17.3 Å². The molecule has 0 spiro atoms. The van der Waals surface area contributed by atoms with Crippen LogP contribution in [0.25, 0.3) is 22.8 Å². The molecular weight excluding hydrogens is 282 g/mol. The van der Waals surface area contributed by atoms with Crippen LogP contribution in [-0.4, -0.2) is 27.6 Å². The maximum atomic E-state index is 11.4. The van der Waals surface area contributed by atoms with Gasteiger partial charge in [-0.3, -0.25) is 9.78 Å². The molecule has 0 unspecified atom stereocenters. The largest absolute Gasteiger partial charge is 0.374 e. The van der Waals surface area contributed by atoms with Gasteiger partial charge < -0.3 is 15.2 Å². The number of pyridine rings is 1. The highest BCUT2D eigenvalue weighted by Gasteiger charge is 2.17. The van der Waals surface area contributed by atoms with Gasteiger partial charge in [0.15, 0.2) is 0 Å². The van der Waals surface area contributed by atoms with Gasteiger partial charge in [0.25, 0.3) is 5.89 Å². The first-order valence-corrected chi connectivity index (χ1v) is 6.72. The highest BCUT2D eigenvalue weighted by Crippen LogP contribution is 2.30. The molecule has 1 amide bonds. The third-order valence-electron chi connectivity index (χ3n) is 3.33. The zero-order valence-corrected chi connectivity index (χ0v) is 11.4. The van der Waals surface area contributed by atoms with E-state index in [0.717, 1.165) is 16.8 Å². The molecule has 3 aromatic rings. The van der Waals surface area contributed by atoms with Crippen molar-refractivity contribution in [2.24, 2.45) is 0 Å². The van der Waals surface area contributed by atoms with Gasteiger partial charge in [0, 0.05) is 23.5 Å². The second kappa shape index (κ2) is 4.96. The number of hydrogen-bond donors (Lipinski definition) is 2. The van der Waals surface area contributed by atoms with Crippen LogP contribution in [0.15, 0.2) is 47.2 Å². The summed E-state index contributed by atoms with van der Waals surface area (Å²) in [4.78, 5) is 19.8. The molecule has 7 nitrogen and oxygen atoms in total. The van der Waals surface area contributed by atoms with E-state index in [1.807, 2.05) is 24.3 Å². The molecule has 0 atom stereocenters. The van der Waals surface area contributed by atoms with Gasteiger partial charge in [0.2, 0.25) is 11.7 Å². The van der Waals surface area contributed by atoms with E-state index in [0.29, 0.717) is 17.4 Å². The van der Waals surface area contributed by atoms with Crippen molar-refractivity contribution in [2.75, 3.05) is 17.2 Å². The van der Waals surface area contributed by atoms with Crippen LogP contribution < -0.4 is 10.6 Å². The van der Waals surface area contributed by atoms with Crippen LogP contribution in [0.2, 0.25) is 0 Å². The summed E-state index contributed by atoms with van der Waals surface area (Å²) in [6.45, 7) is 0.276. The molecule has 0 radical (unpaired) electrons. The first-order valence-electron chi connectivity index (χ1n) is 6.72. The number of nitrogens with zero attached hydrogens (tertiary/aromatic N) is 3. The lowest BCUT2D eigenvalue weighted by molar-refractivity contribution is -0.114. The Morgan fingerprint density at radius 2 is 2.09 bits per heavy atom. The molecule has 2 N–H and O–H groups in total. The molecule has 1 aromatic carbocycles. The minimum atomic E-state index is -0.0776. The van der Waals surface area contributed by atoms with Crippen LogP contribution in [0.1, 0.15) is 0 Å². The molecule has 7 heteroatoms. The second-order valence-corrected chi connectivity index (χ2v) is 4.83. The van der Waals surface area contributed by atoms with Crippen LogP contribution in [0.5, 0.6) is 0 Å². The van der Waals surface area contributed by atoms with Crippen molar-refractivity contribution in [3.05, 3.63) is 42.7 Å². The topological polar surface area (TPSA) is 92.9 Å². The SMILES string of the molecule is O=C1CNc2ccc(-c3nc(-c4cccnc4)no3)cc2N1. The van der Waals surface area contributed by atoms with Crippen LogP contribution in [0, 0.1) is 0 Å². The molecule has 1 aliphatic heterocycles. The average molecular weight is 293 g/mol. The standard InChI is InChI=1S/C15H11N5O2/c21-13-8-17-11-4-3-9(6-12(11)18-13)15-19-14(20-22-15)10-2-1-5-16-7-10/h1-7,17H,8H2,(H,18,21). The van der Waals surface area contributed by atoms with Crippen molar-refractivity contribution in [1.82, 2.24) is 15.1 Å². The Balaban J connectivity index is 1.70. The number of hydrogen-bond acceptors (Lipinski definition) is 6. The Bertz CT molecular complexity index is 844. The number of anilines is 2. The number of carbonyl (C=O) groups excluding carboxylic acids is 1. The number of rotatable bonds is 2. The fraction of sp³-hybridized carbons (Fsp3) is 0.0667. The molecule has 3 heterocycles. The Morgan fingerprint density at radius 3 is 2.95 bits per heavy atom. The molecule has 1 aliphatic rings. The third kappa shape index (κ3) is 2.18. The highest BCUT2D eigenvalue weighted by molar-refractivity contribution is 6.01. The Kier molecular flexibility index (Phi) is 2.82. The van der Waals surface area contributed by atoms with E-state index in [1.165, 1.54) is 0 Å². The van der Waals surface area contributed by atoms with Gasteiger partial charge >= 0.3 is 0 Å². The predicted molar refractivity (Wildman–Crippen MR) is 80.1 cm³/mol. The van der Waals surface area contributed by atoms with E-state index in [-0.39, 0.29) is 12.5 Å². The Labute approximate surface area is 125 Å². The summed E-state index contributed by atoms with van der Waals surface area (Å²) in [5.41, 5.74) is 3.10. The Morgan fingerprint density at radius 1 is 1.14 bits per heavy atom. The van der Waals surface area contributed by atoms with E-state index in [9.17, 15) is 4.79 Å². The molecule has 108 valence electrons. The van der Waals surface area contributed by atoms with Crippen LogP contribution in [-0.2, 0) is 4.79 Å². The predicted octanol–water partition coefficient (Wildman–Crippen LogP) is 2.16. The van der Waals surface area contributed by atoms with Gasteiger partial charge in [-0.15, -0.1) is 0 Å². The quantitative estimate of drug-likeness (QED) is 0.752. The lowest BCUT2D eigenvalue weighted by atomic mass is 10.1. The van der Waals surface area contributed by atoms with Crippen LogP contribution in [0.3, 0.4) is 0 Å². The van der Waals surface area contributed by atoms with Gasteiger partial charge in [-0.1, -0.05) is 5.16 Å². The van der Waals surface area contributed by atoms with Gasteiger partial charge in [0.1, 0.15) is 0 Å². The summed E-state index contributed by atoms with van der Waals surface area (Å²) >= 11 is 0. The molecule has 0 saturated carbocycles. The van der Waals surface area contributed by atoms with Gasteiger partial charge in [-0.2, -0.15) is 4.98 Å². The summed E-state index contributed by atoms with van der Waals surface area (Å²) in [7, 11) is 0. The minimum Gasteiger partial charge on any atom is -0.374 e.